The molecule has 0 atom stereocenters. The summed E-state index contributed by atoms with van der Waals surface area (Å²) in [6.07, 6.45) is 0. The second-order valence-corrected chi connectivity index (χ2v) is 4.73. The fourth-order valence-electron chi connectivity index (χ4n) is 1.59. The van der Waals surface area contributed by atoms with Gasteiger partial charge in [0.05, 0.1) is 5.56 Å². The Hall–Kier alpha value is -3.28. The second kappa shape index (κ2) is 6.65. The van der Waals surface area contributed by atoms with Crippen LogP contribution in [0.15, 0.2) is 54.6 Å². The number of rotatable bonds is 4. The van der Waals surface area contributed by atoms with Gasteiger partial charge in [-0.15, -0.1) is 0 Å². The van der Waals surface area contributed by atoms with Gasteiger partial charge in [-0.2, -0.15) is 0 Å². The Bertz CT molecular complexity index is 761. The molecule has 0 amide bonds. The standard InChI is InChI=1S/C17H14O6/c1-10(2)16(20)22-12-4-6-13(7-5-12)23-17(21)11-3-8-14(18)15(19)9-11/h3-9,18-19H,1H2,2H3. The Morgan fingerprint density at radius 2 is 1.48 bits per heavy atom. The van der Waals surface area contributed by atoms with Crippen molar-refractivity contribution in [2.24, 2.45) is 0 Å². The van der Waals surface area contributed by atoms with Crippen molar-refractivity contribution in [1.82, 2.24) is 0 Å². The van der Waals surface area contributed by atoms with Gasteiger partial charge in [0.1, 0.15) is 11.5 Å². The summed E-state index contributed by atoms with van der Waals surface area (Å²) in [6.45, 7) is 5.01. The molecule has 0 radical (unpaired) electrons. The van der Waals surface area contributed by atoms with Gasteiger partial charge in [-0.3, -0.25) is 0 Å². The summed E-state index contributed by atoms with van der Waals surface area (Å²) < 4.78 is 10.1. The molecule has 2 aromatic carbocycles. The first-order valence-corrected chi connectivity index (χ1v) is 6.58. The van der Waals surface area contributed by atoms with Crippen molar-refractivity contribution in [2.75, 3.05) is 0 Å². The minimum Gasteiger partial charge on any atom is -0.504 e. The molecule has 0 saturated heterocycles. The first-order chi connectivity index (χ1) is 10.9. The molecule has 2 rings (SSSR count). The summed E-state index contributed by atoms with van der Waals surface area (Å²) >= 11 is 0. The highest BCUT2D eigenvalue weighted by molar-refractivity contribution is 5.92. The van der Waals surface area contributed by atoms with Gasteiger partial charge in [-0.1, -0.05) is 6.58 Å². The van der Waals surface area contributed by atoms with Crippen molar-refractivity contribution >= 4 is 11.9 Å². The normalized spacial score (nSPS) is 9.96. The molecule has 0 aliphatic heterocycles. The average Bonchev–Trinajstić information content (AvgIpc) is 2.51. The Morgan fingerprint density at radius 3 is 2.00 bits per heavy atom. The molecule has 2 aromatic rings. The maximum atomic E-state index is 11.9. The lowest BCUT2D eigenvalue weighted by molar-refractivity contribution is -0.130. The smallest absolute Gasteiger partial charge is 0.343 e. The van der Waals surface area contributed by atoms with E-state index < -0.39 is 17.7 Å². The maximum Gasteiger partial charge on any atom is 0.343 e. The number of hydrogen-bond acceptors (Lipinski definition) is 6. The number of esters is 2. The quantitative estimate of drug-likeness (QED) is 0.390. The van der Waals surface area contributed by atoms with Gasteiger partial charge in [-0.05, 0) is 49.4 Å². The number of carbonyl (C=O) groups is 2. The number of ether oxygens (including phenoxy) is 2. The van der Waals surface area contributed by atoms with Gasteiger partial charge < -0.3 is 19.7 Å². The fraction of sp³-hybridized carbons (Fsp3) is 0.0588. The number of benzene rings is 2. The lowest BCUT2D eigenvalue weighted by atomic mass is 10.2. The summed E-state index contributed by atoms with van der Waals surface area (Å²) in [4.78, 5) is 23.3. The predicted molar refractivity (Wildman–Crippen MR) is 81.6 cm³/mol. The van der Waals surface area contributed by atoms with Crippen LogP contribution in [0.3, 0.4) is 0 Å². The second-order valence-electron chi connectivity index (χ2n) is 4.73. The van der Waals surface area contributed by atoms with Crippen molar-refractivity contribution in [1.29, 1.82) is 0 Å². The van der Waals surface area contributed by atoms with Gasteiger partial charge in [0.15, 0.2) is 11.5 Å². The zero-order valence-corrected chi connectivity index (χ0v) is 12.3. The molecule has 23 heavy (non-hydrogen) atoms. The largest absolute Gasteiger partial charge is 0.504 e. The molecule has 0 saturated carbocycles. The first-order valence-electron chi connectivity index (χ1n) is 6.58. The third-order valence-corrected chi connectivity index (χ3v) is 2.80. The van der Waals surface area contributed by atoms with Gasteiger partial charge in [0.2, 0.25) is 0 Å². The summed E-state index contributed by atoms with van der Waals surface area (Å²) in [5, 5.41) is 18.6. The number of phenolic OH excluding ortho intramolecular Hbond substituents is 2. The number of aromatic hydroxyl groups is 2. The van der Waals surface area contributed by atoms with Crippen LogP contribution in [0, 0.1) is 0 Å². The molecule has 2 N–H and O–H groups in total. The highest BCUT2D eigenvalue weighted by atomic mass is 16.5. The molecular formula is C17H14O6. The molecule has 6 nitrogen and oxygen atoms in total. The van der Waals surface area contributed by atoms with Crippen LogP contribution in [-0.2, 0) is 4.79 Å². The molecule has 0 unspecified atom stereocenters. The fourth-order valence-corrected chi connectivity index (χ4v) is 1.59. The van der Waals surface area contributed by atoms with E-state index in [0.29, 0.717) is 5.75 Å². The maximum absolute atomic E-state index is 11.9. The molecule has 0 heterocycles. The monoisotopic (exact) mass is 314 g/mol. The Morgan fingerprint density at radius 1 is 0.913 bits per heavy atom. The summed E-state index contributed by atoms with van der Waals surface area (Å²) in [7, 11) is 0. The predicted octanol–water partition coefficient (Wildman–Crippen LogP) is 2.80. The first kappa shape index (κ1) is 16.1. The number of carbonyl (C=O) groups excluding carboxylic acids is 2. The molecule has 0 spiro atoms. The van der Waals surface area contributed by atoms with E-state index in [1.165, 1.54) is 43.3 Å². The van der Waals surface area contributed by atoms with Crippen molar-refractivity contribution in [3.8, 4) is 23.0 Å². The van der Waals surface area contributed by atoms with E-state index in [2.05, 4.69) is 6.58 Å². The van der Waals surface area contributed by atoms with E-state index in [9.17, 15) is 19.8 Å². The van der Waals surface area contributed by atoms with Gasteiger partial charge in [0, 0.05) is 5.57 Å². The number of hydrogen-bond donors (Lipinski definition) is 2. The van der Waals surface area contributed by atoms with Crippen molar-refractivity contribution in [3.05, 3.63) is 60.2 Å². The highest BCUT2D eigenvalue weighted by Gasteiger charge is 2.12. The topological polar surface area (TPSA) is 93.1 Å². The van der Waals surface area contributed by atoms with Crippen molar-refractivity contribution < 1.29 is 29.3 Å². The minimum absolute atomic E-state index is 0.0816. The molecular weight excluding hydrogens is 300 g/mol. The lowest BCUT2D eigenvalue weighted by Crippen LogP contribution is -2.09. The lowest BCUT2D eigenvalue weighted by Gasteiger charge is -2.07. The van der Waals surface area contributed by atoms with Crippen LogP contribution in [-0.4, -0.2) is 22.2 Å². The van der Waals surface area contributed by atoms with Gasteiger partial charge in [0.25, 0.3) is 0 Å². The third kappa shape index (κ3) is 4.10. The highest BCUT2D eigenvalue weighted by Crippen LogP contribution is 2.26. The van der Waals surface area contributed by atoms with Crippen LogP contribution >= 0.6 is 0 Å². The van der Waals surface area contributed by atoms with Crippen LogP contribution in [0.25, 0.3) is 0 Å². The van der Waals surface area contributed by atoms with Gasteiger partial charge in [-0.25, -0.2) is 9.59 Å². The van der Waals surface area contributed by atoms with Crippen LogP contribution < -0.4 is 9.47 Å². The van der Waals surface area contributed by atoms with Gasteiger partial charge >= 0.3 is 11.9 Å². The number of phenols is 2. The molecule has 0 aliphatic rings. The summed E-state index contributed by atoms with van der Waals surface area (Å²) in [5.74, 6) is -1.47. The average molecular weight is 314 g/mol. The van der Waals surface area contributed by atoms with Crippen LogP contribution in [0.1, 0.15) is 17.3 Å². The van der Waals surface area contributed by atoms with E-state index in [1.54, 1.807) is 0 Å². The molecule has 0 bridgehead atoms. The molecule has 6 heteroatoms. The molecule has 0 aromatic heterocycles. The zero-order chi connectivity index (χ0) is 17.0. The van der Waals surface area contributed by atoms with Crippen LogP contribution in [0.4, 0.5) is 0 Å². The summed E-state index contributed by atoms with van der Waals surface area (Å²) in [5.41, 5.74) is 0.353. The van der Waals surface area contributed by atoms with E-state index in [-0.39, 0.29) is 22.6 Å². The van der Waals surface area contributed by atoms with E-state index in [4.69, 9.17) is 9.47 Å². The summed E-state index contributed by atoms with van der Waals surface area (Å²) in [6, 6.07) is 9.46. The Balaban J connectivity index is 2.05. The van der Waals surface area contributed by atoms with E-state index in [0.717, 1.165) is 6.07 Å². The van der Waals surface area contributed by atoms with E-state index in [1.807, 2.05) is 0 Å². The van der Waals surface area contributed by atoms with E-state index >= 15 is 0 Å². The van der Waals surface area contributed by atoms with Crippen molar-refractivity contribution in [3.63, 3.8) is 0 Å². The van der Waals surface area contributed by atoms with Crippen LogP contribution in [0.2, 0.25) is 0 Å². The Kier molecular flexibility index (Phi) is 4.66. The zero-order valence-electron chi connectivity index (χ0n) is 12.3. The minimum atomic E-state index is -0.702. The van der Waals surface area contributed by atoms with Crippen LogP contribution in [0.5, 0.6) is 23.0 Å². The third-order valence-electron chi connectivity index (χ3n) is 2.80. The van der Waals surface area contributed by atoms with Crippen molar-refractivity contribution in [2.45, 2.75) is 6.92 Å². The molecule has 0 aliphatic carbocycles. The molecule has 0 fully saturated rings. The Labute approximate surface area is 132 Å². The SMILES string of the molecule is C=C(C)C(=O)Oc1ccc(OC(=O)c2ccc(O)c(O)c2)cc1. The molecule has 118 valence electrons.